The van der Waals surface area contributed by atoms with Crippen molar-refractivity contribution in [2.45, 2.75) is 63.9 Å². The number of hydrogen-bond acceptors (Lipinski definition) is 6. The van der Waals surface area contributed by atoms with Gasteiger partial charge in [-0.25, -0.2) is 0 Å². The van der Waals surface area contributed by atoms with Gasteiger partial charge in [-0.15, -0.1) is 0 Å². The molecule has 3 rings (SSSR count). The van der Waals surface area contributed by atoms with E-state index in [1.165, 1.54) is 32.1 Å². The van der Waals surface area contributed by atoms with Crippen LogP contribution in [-0.2, 0) is 34.1 Å². The molecule has 6 heteroatoms. The van der Waals surface area contributed by atoms with Gasteiger partial charge in [0, 0.05) is 6.42 Å². The van der Waals surface area contributed by atoms with Gasteiger partial charge >= 0.3 is 5.97 Å². The summed E-state index contributed by atoms with van der Waals surface area (Å²) in [6.45, 7) is 5.60. The Morgan fingerprint density at radius 1 is 0.512 bits per heavy atom. The summed E-state index contributed by atoms with van der Waals surface area (Å²) in [5, 5.41) is 0. The van der Waals surface area contributed by atoms with Crippen LogP contribution in [0, 0.1) is 0 Å². The molecule has 0 unspecified atom stereocenters. The highest BCUT2D eigenvalue weighted by Gasteiger charge is 2.37. The predicted molar refractivity (Wildman–Crippen MR) is 171 cm³/mol. The molecule has 0 amide bonds. The van der Waals surface area contributed by atoms with Gasteiger partial charge < -0.3 is 23.7 Å². The molecule has 0 aromatic heterocycles. The quantitative estimate of drug-likeness (QED) is 0.0605. The number of rotatable bonds is 24. The Morgan fingerprint density at radius 2 is 0.907 bits per heavy atom. The largest absolute Gasteiger partial charge is 0.463 e. The first kappa shape index (κ1) is 34.5. The Kier molecular flexibility index (Phi) is 17.3. The third-order valence-electron chi connectivity index (χ3n) is 7.31. The lowest BCUT2D eigenvalue weighted by molar-refractivity contribution is -0.145. The molecule has 0 N–H and O–H groups in total. The lowest BCUT2D eigenvalue weighted by Crippen LogP contribution is -2.34. The maximum absolute atomic E-state index is 11.8. The van der Waals surface area contributed by atoms with Crippen molar-refractivity contribution in [3.05, 3.63) is 108 Å². The molecule has 0 heterocycles. The van der Waals surface area contributed by atoms with Crippen LogP contribution in [0.5, 0.6) is 0 Å². The minimum atomic E-state index is -0.747. The van der Waals surface area contributed by atoms with Gasteiger partial charge in [0.2, 0.25) is 0 Å². The summed E-state index contributed by atoms with van der Waals surface area (Å²) in [6, 6.07) is 31.0. The fraction of sp³-hybridized carbons (Fsp3) is 0.486. The van der Waals surface area contributed by atoms with Crippen molar-refractivity contribution in [1.82, 2.24) is 0 Å². The summed E-state index contributed by atoms with van der Waals surface area (Å²) in [7, 11) is 0. The van der Waals surface area contributed by atoms with Gasteiger partial charge in [0.25, 0.3) is 0 Å². The summed E-state index contributed by atoms with van der Waals surface area (Å²) >= 11 is 0. The van der Waals surface area contributed by atoms with Crippen molar-refractivity contribution >= 4 is 5.97 Å². The molecule has 3 aromatic carbocycles. The van der Waals surface area contributed by atoms with Gasteiger partial charge in [-0.2, -0.15) is 0 Å². The molecule has 0 saturated carbocycles. The molecule has 0 fully saturated rings. The third-order valence-corrected chi connectivity index (χ3v) is 7.31. The number of unbranched alkanes of at least 4 members (excludes halogenated alkanes) is 6. The molecule has 0 radical (unpaired) electrons. The van der Waals surface area contributed by atoms with E-state index in [9.17, 15) is 4.79 Å². The first-order valence-corrected chi connectivity index (χ1v) is 16.0. The van der Waals surface area contributed by atoms with Gasteiger partial charge in [-0.1, -0.05) is 136 Å². The number of esters is 1. The topological polar surface area (TPSA) is 63.2 Å². The molecular weight excluding hydrogens is 540 g/mol. The van der Waals surface area contributed by atoms with Gasteiger partial charge in [-0.3, -0.25) is 4.79 Å². The SMILES string of the molecule is CCCCCCCCCC(=O)OCCOCCOCCOCCOC(c1ccccc1)(c1ccccc1)c1ccccc1. The molecule has 0 aliphatic heterocycles. The van der Waals surface area contributed by atoms with Crippen molar-refractivity contribution in [2.24, 2.45) is 0 Å². The Bertz CT molecular complexity index is 993. The molecule has 6 nitrogen and oxygen atoms in total. The number of hydrogen-bond donors (Lipinski definition) is 0. The van der Waals surface area contributed by atoms with Crippen LogP contribution >= 0.6 is 0 Å². The molecule has 3 aromatic rings. The van der Waals surface area contributed by atoms with E-state index in [0.717, 1.165) is 29.5 Å². The maximum atomic E-state index is 11.8. The molecule has 0 atom stereocenters. The predicted octanol–water partition coefficient (Wildman–Crippen LogP) is 7.73. The van der Waals surface area contributed by atoms with Crippen molar-refractivity contribution in [3.8, 4) is 0 Å². The van der Waals surface area contributed by atoms with Crippen molar-refractivity contribution in [1.29, 1.82) is 0 Å². The van der Waals surface area contributed by atoms with E-state index < -0.39 is 5.60 Å². The molecule has 0 saturated heterocycles. The van der Waals surface area contributed by atoms with E-state index in [0.29, 0.717) is 52.7 Å². The van der Waals surface area contributed by atoms with Crippen LogP contribution in [0.4, 0.5) is 0 Å². The number of ether oxygens (including phenoxy) is 5. The zero-order chi connectivity index (χ0) is 30.3. The third kappa shape index (κ3) is 12.6. The van der Waals surface area contributed by atoms with Crippen LogP contribution in [0.1, 0.15) is 75.0 Å². The molecule has 0 aliphatic carbocycles. The summed E-state index contributed by atoms with van der Waals surface area (Å²) in [5.41, 5.74) is 2.46. The lowest BCUT2D eigenvalue weighted by Gasteiger charge is -2.36. The summed E-state index contributed by atoms with van der Waals surface area (Å²) < 4.78 is 28.9. The van der Waals surface area contributed by atoms with Gasteiger partial charge in [0.1, 0.15) is 12.2 Å². The smallest absolute Gasteiger partial charge is 0.305 e. The minimum absolute atomic E-state index is 0.136. The molecule has 234 valence electrons. The van der Waals surface area contributed by atoms with Crippen LogP contribution in [0.15, 0.2) is 91.0 Å². The van der Waals surface area contributed by atoms with Gasteiger partial charge in [-0.05, 0) is 23.1 Å². The summed E-state index contributed by atoms with van der Waals surface area (Å²) in [4.78, 5) is 11.8. The molecule has 0 spiro atoms. The van der Waals surface area contributed by atoms with Gasteiger partial charge in [0.15, 0.2) is 0 Å². The number of carbonyl (C=O) groups excluding carboxylic acids is 1. The van der Waals surface area contributed by atoms with E-state index in [1.54, 1.807) is 0 Å². The van der Waals surface area contributed by atoms with Crippen LogP contribution in [0.2, 0.25) is 0 Å². The van der Waals surface area contributed by atoms with E-state index >= 15 is 0 Å². The second-order valence-electron chi connectivity index (χ2n) is 10.6. The highest BCUT2D eigenvalue weighted by Crippen LogP contribution is 2.40. The van der Waals surface area contributed by atoms with Crippen LogP contribution in [0.25, 0.3) is 0 Å². The highest BCUT2D eigenvalue weighted by molar-refractivity contribution is 5.69. The average Bonchev–Trinajstić information content (AvgIpc) is 3.06. The fourth-order valence-corrected chi connectivity index (χ4v) is 5.08. The van der Waals surface area contributed by atoms with Crippen molar-refractivity contribution in [3.63, 3.8) is 0 Å². The summed E-state index contributed by atoms with van der Waals surface area (Å²) in [6.07, 6.45) is 8.81. The van der Waals surface area contributed by atoms with E-state index in [2.05, 4.69) is 43.3 Å². The maximum Gasteiger partial charge on any atom is 0.305 e. The average molecular weight is 591 g/mol. The molecule has 0 bridgehead atoms. The normalized spacial score (nSPS) is 11.5. The Hall–Kier alpha value is -3.03. The minimum Gasteiger partial charge on any atom is -0.463 e. The van der Waals surface area contributed by atoms with Crippen LogP contribution in [-0.4, -0.2) is 58.8 Å². The zero-order valence-electron chi connectivity index (χ0n) is 25.9. The van der Waals surface area contributed by atoms with E-state index in [4.69, 9.17) is 23.7 Å². The van der Waals surface area contributed by atoms with Gasteiger partial charge in [0.05, 0.1) is 46.2 Å². The molecule has 43 heavy (non-hydrogen) atoms. The Morgan fingerprint density at radius 3 is 1.37 bits per heavy atom. The first-order chi connectivity index (χ1) is 21.3. The van der Waals surface area contributed by atoms with Crippen LogP contribution < -0.4 is 0 Å². The monoisotopic (exact) mass is 590 g/mol. The second-order valence-corrected chi connectivity index (χ2v) is 10.6. The Labute approximate surface area is 258 Å². The first-order valence-electron chi connectivity index (χ1n) is 16.0. The zero-order valence-corrected chi connectivity index (χ0v) is 25.9. The van der Waals surface area contributed by atoms with Crippen molar-refractivity contribution in [2.75, 3.05) is 52.9 Å². The number of carbonyl (C=O) groups is 1. The van der Waals surface area contributed by atoms with E-state index in [-0.39, 0.29) is 12.6 Å². The fourth-order valence-electron chi connectivity index (χ4n) is 5.08. The summed E-state index contributed by atoms with van der Waals surface area (Å²) in [5.74, 6) is -0.136. The lowest BCUT2D eigenvalue weighted by atomic mass is 9.80. The molecular formula is C37H50O6. The molecule has 0 aliphatic rings. The second kappa shape index (κ2) is 21.6. The highest BCUT2D eigenvalue weighted by atomic mass is 16.6. The number of benzene rings is 3. The van der Waals surface area contributed by atoms with Crippen LogP contribution in [0.3, 0.4) is 0 Å². The van der Waals surface area contributed by atoms with Crippen molar-refractivity contribution < 1.29 is 28.5 Å². The Balaban J connectivity index is 1.27. The van der Waals surface area contributed by atoms with E-state index in [1.807, 2.05) is 54.6 Å². The standard InChI is InChI=1S/C37H50O6/c1-2-3-4-5-6-7-17-24-36(38)42-31-29-40-27-25-39-26-28-41-30-32-43-37(33-18-11-8-12-19-33,34-20-13-9-14-21-34)35-22-15-10-16-23-35/h8-16,18-23H,2-7,17,24-32H2,1H3.